The number of likely N-dealkylation sites (tertiary alicyclic amines) is 2. The van der Waals surface area contributed by atoms with Crippen molar-refractivity contribution in [2.75, 3.05) is 19.6 Å². The summed E-state index contributed by atoms with van der Waals surface area (Å²) >= 11 is 0. The van der Waals surface area contributed by atoms with Crippen LogP contribution in [0.1, 0.15) is 63.2 Å². The zero-order valence-electron chi connectivity index (χ0n) is 14.2. The van der Waals surface area contributed by atoms with Crippen molar-refractivity contribution in [3.05, 3.63) is 16.3 Å². The number of amides is 1. The van der Waals surface area contributed by atoms with Gasteiger partial charge in [0.2, 0.25) is 5.91 Å². The fourth-order valence-electron chi connectivity index (χ4n) is 4.57. The van der Waals surface area contributed by atoms with E-state index in [1.807, 2.05) is 4.90 Å². The van der Waals surface area contributed by atoms with Crippen molar-refractivity contribution >= 4 is 5.91 Å². The van der Waals surface area contributed by atoms with Crippen LogP contribution in [0.25, 0.3) is 0 Å². The Hall–Kier alpha value is -1.63. The fraction of sp³-hybridized carbons (Fsp3) is 0.824. The average molecular weight is 333 g/mol. The quantitative estimate of drug-likeness (QED) is 0.876. The first-order chi connectivity index (χ1) is 11.7. The topological polar surface area (TPSA) is 85.1 Å². The molecule has 1 unspecified atom stereocenters. The summed E-state index contributed by atoms with van der Waals surface area (Å²) < 4.78 is 0. The molecule has 2 N–H and O–H groups in total. The minimum atomic E-state index is -0.296. The van der Waals surface area contributed by atoms with Gasteiger partial charge in [-0.15, -0.1) is 0 Å². The second-order valence-corrected chi connectivity index (χ2v) is 7.55. The average Bonchev–Trinajstić information content (AvgIpc) is 3.01. The molecule has 24 heavy (non-hydrogen) atoms. The Kier molecular flexibility index (Phi) is 4.43. The number of nitrogens with one attached hydrogen (secondary N) is 2. The maximum atomic E-state index is 13.0. The number of hydrogen-bond acceptors (Lipinski definition) is 4. The number of rotatable bonds is 3. The number of H-pyrrole nitrogens is 2. The minimum absolute atomic E-state index is 0.0751. The fourth-order valence-corrected chi connectivity index (χ4v) is 4.57. The summed E-state index contributed by atoms with van der Waals surface area (Å²) in [5.74, 6) is 0.977. The van der Waals surface area contributed by atoms with Gasteiger partial charge < -0.3 is 4.90 Å². The number of piperidine rings is 1. The molecule has 7 heteroatoms. The Bertz CT molecular complexity index is 627. The van der Waals surface area contributed by atoms with E-state index >= 15 is 0 Å². The normalized spacial score (nSPS) is 27.2. The second kappa shape index (κ2) is 6.70. The molecule has 3 fully saturated rings. The largest absolute Gasteiger partial charge is 0.340 e. The van der Waals surface area contributed by atoms with Crippen LogP contribution in [0.2, 0.25) is 0 Å². The number of carbonyl (C=O) groups excluding carboxylic acids is 1. The van der Waals surface area contributed by atoms with Gasteiger partial charge in [0.25, 0.3) is 0 Å². The molecule has 1 amide bonds. The Labute approximate surface area is 141 Å². The Morgan fingerprint density at radius 2 is 1.79 bits per heavy atom. The Morgan fingerprint density at radius 3 is 2.50 bits per heavy atom. The maximum Gasteiger partial charge on any atom is 0.340 e. The molecule has 0 bridgehead atoms. The molecule has 1 saturated carbocycles. The molecule has 3 aliphatic rings. The Balaban J connectivity index is 1.39. The summed E-state index contributed by atoms with van der Waals surface area (Å²) in [6, 6.07) is 0.622. The summed E-state index contributed by atoms with van der Waals surface area (Å²) in [5.41, 5.74) is -0.296. The van der Waals surface area contributed by atoms with E-state index in [4.69, 9.17) is 0 Å². The van der Waals surface area contributed by atoms with Gasteiger partial charge in [-0.3, -0.25) is 14.7 Å². The molecular weight excluding hydrogens is 306 g/mol. The van der Waals surface area contributed by atoms with Crippen molar-refractivity contribution in [3.8, 4) is 0 Å². The highest BCUT2D eigenvalue weighted by molar-refractivity contribution is 5.80. The number of aromatic nitrogens is 3. The van der Waals surface area contributed by atoms with Gasteiger partial charge in [-0.25, -0.2) is 9.89 Å². The lowest BCUT2D eigenvalue weighted by molar-refractivity contribution is -0.146. The first-order valence-corrected chi connectivity index (χ1v) is 9.41. The summed E-state index contributed by atoms with van der Waals surface area (Å²) in [6.07, 6.45) is 9.61. The van der Waals surface area contributed by atoms with Crippen LogP contribution in [0.4, 0.5) is 0 Å². The lowest BCUT2D eigenvalue weighted by Gasteiger charge is -2.47. The Morgan fingerprint density at radius 1 is 1.04 bits per heavy atom. The van der Waals surface area contributed by atoms with Crippen LogP contribution in [-0.4, -0.2) is 56.6 Å². The lowest BCUT2D eigenvalue weighted by Crippen LogP contribution is -2.58. The van der Waals surface area contributed by atoms with Gasteiger partial charge in [-0.2, -0.15) is 5.10 Å². The van der Waals surface area contributed by atoms with Gasteiger partial charge in [0.05, 0.1) is 12.0 Å². The smallest absolute Gasteiger partial charge is 0.332 e. The molecule has 1 aliphatic carbocycles. The van der Waals surface area contributed by atoms with E-state index in [1.54, 1.807) is 0 Å². The van der Waals surface area contributed by atoms with Crippen LogP contribution in [0.5, 0.6) is 0 Å². The predicted octanol–water partition coefficient (Wildman–Crippen LogP) is 1.42. The molecule has 7 nitrogen and oxygen atoms in total. The van der Waals surface area contributed by atoms with Gasteiger partial charge >= 0.3 is 5.69 Å². The summed E-state index contributed by atoms with van der Waals surface area (Å²) in [4.78, 5) is 31.5. The molecule has 1 aromatic rings. The summed E-state index contributed by atoms with van der Waals surface area (Å²) in [6.45, 7) is 2.59. The highest BCUT2D eigenvalue weighted by Gasteiger charge is 2.41. The van der Waals surface area contributed by atoms with E-state index in [9.17, 15) is 9.59 Å². The maximum absolute atomic E-state index is 13.0. The molecule has 2 saturated heterocycles. The van der Waals surface area contributed by atoms with Gasteiger partial charge in [0.1, 0.15) is 0 Å². The number of nitrogens with zero attached hydrogens (tertiary/aromatic N) is 3. The van der Waals surface area contributed by atoms with Crippen molar-refractivity contribution < 1.29 is 4.79 Å². The molecule has 1 atom stereocenters. The molecule has 0 aromatic carbocycles. The van der Waals surface area contributed by atoms with Crippen LogP contribution >= 0.6 is 0 Å². The zero-order chi connectivity index (χ0) is 16.5. The zero-order valence-corrected chi connectivity index (χ0v) is 14.2. The van der Waals surface area contributed by atoms with Crippen molar-refractivity contribution in [2.45, 2.75) is 63.5 Å². The monoisotopic (exact) mass is 333 g/mol. The van der Waals surface area contributed by atoms with Gasteiger partial charge in [-0.05, 0) is 32.1 Å². The van der Waals surface area contributed by atoms with Crippen LogP contribution in [0.15, 0.2) is 4.79 Å². The molecule has 0 spiro atoms. The SMILES string of the molecule is O=C(C1CN(C2CCCCC2)C1)N1CCCCC1c1n[nH]c(=O)[nH]1. The van der Waals surface area contributed by atoms with Crippen molar-refractivity contribution in [1.82, 2.24) is 25.0 Å². The number of hydrogen-bond donors (Lipinski definition) is 2. The molecule has 3 heterocycles. The third-order valence-corrected chi connectivity index (χ3v) is 5.97. The van der Waals surface area contributed by atoms with Gasteiger partial charge in [0, 0.05) is 25.7 Å². The van der Waals surface area contributed by atoms with Crippen LogP contribution in [0, 0.1) is 5.92 Å². The summed E-state index contributed by atoms with van der Waals surface area (Å²) in [7, 11) is 0. The van der Waals surface area contributed by atoms with E-state index in [2.05, 4.69) is 20.1 Å². The van der Waals surface area contributed by atoms with Crippen molar-refractivity contribution in [3.63, 3.8) is 0 Å². The van der Waals surface area contributed by atoms with Gasteiger partial charge in [0.15, 0.2) is 5.82 Å². The molecule has 0 radical (unpaired) electrons. The highest BCUT2D eigenvalue weighted by Crippen LogP contribution is 2.33. The highest BCUT2D eigenvalue weighted by atomic mass is 16.2. The first-order valence-electron chi connectivity index (χ1n) is 9.41. The minimum Gasteiger partial charge on any atom is -0.332 e. The van der Waals surface area contributed by atoms with E-state index in [0.717, 1.165) is 38.9 Å². The molecule has 132 valence electrons. The molecule has 4 rings (SSSR count). The van der Waals surface area contributed by atoms with Crippen molar-refractivity contribution in [2.24, 2.45) is 5.92 Å². The van der Waals surface area contributed by atoms with E-state index < -0.39 is 0 Å². The lowest BCUT2D eigenvalue weighted by atomic mass is 9.87. The second-order valence-electron chi connectivity index (χ2n) is 7.55. The molecule has 1 aromatic heterocycles. The van der Waals surface area contributed by atoms with Crippen LogP contribution in [-0.2, 0) is 4.79 Å². The van der Waals surface area contributed by atoms with E-state index in [1.165, 1.54) is 32.1 Å². The number of aromatic amines is 2. The van der Waals surface area contributed by atoms with Crippen LogP contribution < -0.4 is 5.69 Å². The van der Waals surface area contributed by atoms with Crippen LogP contribution in [0.3, 0.4) is 0 Å². The van der Waals surface area contributed by atoms with Gasteiger partial charge in [-0.1, -0.05) is 19.3 Å². The van der Waals surface area contributed by atoms with E-state index in [-0.39, 0.29) is 23.6 Å². The first kappa shape index (κ1) is 15.9. The third-order valence-electron chi connectivity index (χ3n) is 5.97. The van der Waals surface area contributed by atoms with E-state index in [0.29, 0.717) is 11.9 Å². The predicted molar refractivity (Wildman–Crippen MR) is 89.4 cm³/mol. The third kappa shape index (κ3) is 3.01. The number of carbonyl (C=O) groups is 1. The van der Waals surface area contributed by atoms with Crippen molar-refractivity contribution in [1.29, 1.82) is 0 Å². The summed E-state index contributed by atoms with van der Waals surface area (Å²) in [5, 5.41) is 6.49. The molecular formula is C17H27N5O2. The molecule has 2 aliphatic heterocycles. The standard InChI is InChI=1S/C17H27N5O2/c23-16(12-10-21(11-12)13-6-2-1-3-7-13)22-9-5-4-8-14(22)15-18-17(24)20-19-15/h12-14H,1-11H2,(H2,18,19,20,24).